The smallest absolute Gasteiger partial charge is 0.152 e. The van der Waals surface area contributed by atoms with Gasteiger partial charge in [-0.3, -0.25) is 0 Å². The lowest BCUT2D eigenvalue weighted by molar-refractivity contribution is 0.605. The van der Waals surface area contributed by atoms with Crippen LogP contribution in [0, 0.1) is 6.92 Å². The van der Waals surface area contributed by atoms with Crippen LogP contribution < -0.4 is 11.1 Å². The average Bonchev–Trinajstić information content (AvgIpc) is 2.61. The Bertz CT molecular complexity index is 593. The summed E-state index contributed by atoms with van der Waals surface area (Å²) in [5, 5.41) is 8.78. The largest absolute Gasteiger partial charge is 0.394 e. The molecular weight excluding hydrogens is 283 g/mol. The number of halogens is 2. The Balaban J connectivity index is 2.37. The van der Waals surface area contributed by atoms with Gasteiger partial charge >= 0.3 is 0 Å². The number of aryl methyl sites for hydroxylation is 2. The summed E-state index contributed by atoms with van der Waals surface area (Å²) < 4.78 is 1.86. The van der Waals surface area contributed by atoms with Crippen molar-refractivity contribution in [2.45, 2.75) is 26.8 Å². The van der Waals surface area contributed by atoms with Crippen LogP contribution >= 0.6 is 23.2 Å². The summed E-state index contributed by atoms with van der Waals surface area (Å²) in [4.78, 5) is 0. The fraction of sp³-hybridized carbons (Fsp3) is 0.308. The molecule has 0 radical (unpaired) electrons. The topological polar surface area (TPSA) is 55.9 Å². The van der Waals surface area contributed by atoms with Crippen LogP contribution in [0.1, 0.15) is 19.0 Å². The summed E-state index contributed by atoms with van der Waals surface area (Å²) in [7, 11) is 0. The third-order valence-corrected chi connectivity index (χ3v) is 3.34. The molecule has 1 aromatic heterocycles. The highest BCUT2D eigenvalue weighted by molar-refractivity contribution is 6.36. The van der Waals surface area contributed by atoms with Gasteiger partial charge in [0.05, 0.1) is 22.1 Å². The molecule has 19 heavy (non-hydrogen) atoms. The van der Waals surface area contributed by atoms with E-state index in [0.717, 1.165) is 30.2 Å². The Labute approximate surface area is 122 Å². The maximum atomic E-state index is 6.15. The highest BCUT2D eigenvalue weighted by Gasteiger charge is 2.13. The summed E-state index contributed by atoms with van der Waals surface area (Å²) in [5.41, 5.74) is 8.25. The second-order valence-electron chi connectivity index (χ2n) is 4.32. The van der Waals surface area contributed by atoms with Gasteiger partial charge in [-0.1, -0.05) is 30.1 Å². The molecule has 102 valence electrons. The fourth-order valence-electron chi connectivity index (χ4n) is 1.82. The first kappa shape index (κ1) is 14.0. The van der Waals surface area contributed by atoms with Gasteiger partial charge in [-0.15, -0.1) is 0 Å². The standard InChI is InChI=1S/C13H16Cl2N4/c1-3-6-19-13(12(16)8(2)18-19)17-11-5-4-9(14)7-10(11)15/h4-5,7,17H,3,6,16H2,1-2H3. The summed E-state index contributed by atoms with van der Waals surface area (Å²) in [6.45, 7) is 4.77. The second-order valence-corrected chi connectivity index (χ2v) is 5.16. The van der Waals surface area contributed by atoms with Crippen LogP contribution in [0.15, 0.2) is 18.2 Å². The first-order valence-corrected chi connectivity index (χ1v) is 6.83. The minimum absolute atomic E-state index is 0.550. The molecule has 0 atom stereocenters. The Morgan fingerprint density at radius 1 is 1.37 bits per heavy atom. The molecule has 0 fully saturated rings. The number of hydrogen-bond acceptors (Lipinski definition) is 3. The molecule has 0 amide bonds. The number of hydrogen-bond donors (Lipinski definition) is 2. The molecule has 4 nitrogen and oxygen atoms in total. The average molecular weight is 299 g/mol. The highest BCUT2D eigenvalue weighted by atomic mass is 35.5. The SMILES string of the molecule is CCCn1nc(C)c(N)c1Nc1ccc(Cl)cc1Cl. The minimum Gasteiger partial charge on any atom is -0.394 e. The van der Waals surface area contributed by atoms with Gasteiger partial charge in [-0.25, -0.2) is 4.68 Å². The van der Waals surface area contributed by atoms with Gasteiger partial charge in [-0.2, -0.15) is 5.10 Å². The highest BCUT2D eigenvalue weighted by Crippen LogP contribution is 2.31. The molecule has 0 aliphatic heterocycles. The van der Waals surface area contributed by atoms with Crippen molar-refractivity contribution >= 4 is 40.4 Å². The van der Waals surface area contributed by atoms with E-state index in [9.17, 15) is 0 Å². The zero-order valence-electron chi connectivity index (χ0n) is 10.9. The van der Waals surface area contributed by atoms with Gasteiger partial charge < -0.3 is 11.1 Å². The van der Waals surface area contributed by atoms with E-state index in [4.69, 9.17) is 28.9 Å². The molecule has 0 unspecified atom stereocenters. The van der Waals surface area contributed by atoms with Crippen LogP contribution in [0.4, 0.5) is 17.2 Å². The number of rotatable bonds is 4. The molecule has 3 N–H and O–H groups in total. The fourth-order valence-corrected chi connectivity index (χ4v) is 2.27. The molecule has 1 aromatic carbocycles. The third-order valence-electron chi connectivity index (χ3n) is 2.79. The van der Waals surface area contributed by atoms with Crippen LogP contribution in [-0.2, 0) is 6.54 Å². The van der Waals surface area contributed by atoms with Crippen molar-refractivity contribution in [2.75, 3.05) is 11.1 Å². The molecule has 0 spiro atoms. The van der Waals surface area contributed by atoms with E-state index in [2.05, 4.69) is 17.3 Å². The van der Waals surface area contributed by atoms with Crippen LogP contribution in [0.3, 0.4) is 0 Å². The van der Waals surface area contributed by atoms with Gasteiger partial charge in [0.25, 0.3) is 0 Å². The van der Waals surface area contributed by atoms with Crippen molar-refractivity contribution in [1.29, 1.82) is 0 Å². The van der Waals surface area contributed by atoms with Crippen LogP contribution in [-0.4, -0.2) is 9.78 Å². The van der Waals surface area contributed by atoms with Crippen molar-refractivity contribution < 1.29 is 0 Å². The van der Waals surface area contributed by atoms with Crippen molar-refractivity contribution in [3.05, 3.63) is 33.9 Å². The molecule has 0 saturated carbocycles. The van der Waals surface area contributed by atoms with Crippen LogP contribution in [0.2, 0.25) is 10.0 Å². The lowest BCUT2D eigenvalue weighted by atomic mass is 10.3. The Hall–Kier alpha value is -1.39. The van der Waals surface area contributed by atoms with E-state index in [1.54, 1.807) is 12.1 Å². The van der Waals surface area contributed by atoms with E-state index in [0.29, 0.717) is 15.7 Å². The number of nitrogens with two attached hydrogens (primary N) is 1. The maximum Gasteiger partial charge on any atom is 0.152 e. The molecular formula is C13H16Cl2N4. The second kappa shape index (κ2) is 5.72. The molecule has 0 saturated heterocycles. The van der Waals surface area contributed by atoms with Crippen molar-refractivity contribution in [1.82, 2.24) is 9.78 Å². The van der Waals surface area contributed by atoms with Gasteiger partial charge in [0.2, 0.25) is 0 Å². The predicted molar refractivity (Wildman–Crippen MR) is 81.4 cm³/mol. The zero-order valence-corrected chi connectivity index (χ0v) is 12.4. The number of benzene rings is 1. The first-order chi connectivity index (χ1) is 9.02. The minimum atomic E-state index is 0.550. The van der Waals surface area contributed by atoms with Crippen molar-refractivity contribution in [2.24, 2.45) is 0 Å². The molecule has 2 rings (SSSR count). The van der Waals surface area contributed by atoms with Crippen molar-refractivity contribution in [3.8, 4) is 0 Å². The third kappa shape index (κ3) is 2.96. The van der Waals surface area contributed by atoms with Gasteiger partial charge in [0.15, 0.2) is 5.82 Å². The summed E-state index contributed by atoms with van der Waals surface area (Å²) in [6, 6.07) is 5.29. The quantitative estimate of drug-likeness (QED) is 0.888. The normalized spacial score (nSPS) is 10.7. The number of nitrogens with one attached hydrogen (secondary N) is 1. The maximum absolute atomic E-state index is 6.15. The lowest BCUT2D eigenvalue weighted by Gasteiger charge is -2.11. The van der Waals surface area contributed by atoms with E-state index in [1.807, 2.05) is 17.7 Å². The van der Waals surface area contributed by atoms with Gasteiger partial charge in [0.1, 0.15) is 0 Å². The van der Waals surface area contributed by atoms with E-state index >= 15 is 0 Å². The van der Waals surface area contributed by atoms with Crippen LogP contribution in [0.5, 0.6) is 0 Å². The Morgan fingerprint density at radius 3 is 2.74 bits per heavy atom. The predicted octanol–water partition coefficient (Wildman–Crippen LogP) is 4.23. The number of nitrogen functional groups attached to an aromatic ring is 1. The number of aromatic nitrogens is 2. The summed E-state index contributed by atoms with van der Waals surface area (Å²) in [5.74, 6) is 0.767. The first-order valence-electron chi connectivity index (χ1n) is 6.08. The molecule has 1 heterocycles. The van der Waals surface area contributed by atoms with E-state index < -0.39 is 0 Å². The Morgan fingerprint density at radius 2 is 2.11 bits per heavy atom. The summed E-state index contributed by atoms with van der Waals surface area (Å²) >= 11 is 12.0. The number of anilines is 3. The molecule has 0 bridgehead atoms. The van der Waals surface area contributed by atoms with Crippen molar-refractivity contribution in [3.63, 3.8) is 0 Å². The lowest BCUT2D eigenvalue weighted by Crippen LogP contribution is -2.05. The van der Waals surface area contributed by atoms with Crippen LogP contribution in [0.25, 0.3) is 0 Å². The summed E-state index contributed by atoms with van der Waals surface area (Å²) in [6.07, 6.45) is 0.976. The van der Waals surface area contributed by atoms with Gasteiger partial charge in [0, 0.05) is 11.6 Å². The molecule has 0 aliphatic rings. The monoisotopic (exact) mass is 298 g/mol. The van der Waals surface area contributed by atoms with E-state index in [1.165, 1.54) is 0 Å². The van der Waals surface area contributed by atoms with E-state index in [-0.39, 0.29) is 0 Å². The Kier molecular flexibility index (Phi) is 4.22. The van der Waals surface area contributed by atoms with Gasteiger partial charge in [-0.05, 0) is 31.5 Å². The molecule has 2 aromatic rings. The number of nitrogens with zero attached hydrogens (tertiary/aromatic N) is 2. The molecule has 6 heteroatoms. The molecule has 0 aliphatic carbocycles. The zero-order chi connectivity index (χ0) is 14.0.